The average Bonchev–Trinajstić information content (AvgIpc) is 2.49. The highest BCUT2D eigenvalue weighted by atomic mass is 16.5. The molecule has 2 aromatic rings. The van der Waals surface area contributed by atoms with E-state index in [1.165, 1.54) is 6.33 Å². The lowest BCUT2D eigenvalue weighted by atomic mass is 10.0. The first-order valence-electron chi connectivity index (χ1n) is 5.95. The molecule has 0 amide bonds. The Morgan fingerprint density at radius 2 is 1.79 bits per heavy atom. The molecule has 0 aliphatic heterocycles. The number of methoxy groups -OCH3 is 2. The topological polar surface area (TPSA) is 56.3 Å². The van der Waals surface area contributed by atoms with Gasteiger partial charge in [-0.25, -0.2) is 9.97 Å². The van der Waals surface area contributed by atoms with Crippen LogP contribution in [0.2, 0.25) is 0 Å². The summed E-state index contributed by atoms with van der Waals surface area (Å²) in [6, 6.07) is 9.69. The second kappa shape index (κ2) is 6.15. The third-order valence-corrected chi connectivity index (χ3v) is 2.91. The van der Waals surface area contributed by atoms with Crippen LogP contribution in [-0.4, -0.2) is 31.2 Å². The van der Waals surface area contributed by atoms with Crippen molar-refractivity contribution in [2.45, 2.75) is 6.04 Å². The normalized spacial score (nSPS) is 11.9. The molecule has 1 heterocycles. The van der Waals surface area contributed by atoms with E-state index in [0.717, 1.165) is 17.0 Å². The summed E-state index contributed by atoms with van der Waals surface area (Å²) in [4.78, 5) is 8.31. The third kappa shape index (κ3) is 3.00. The fraction of sp³-hybridized carbons (Fsp3) is 0.286. The molecule has 0 aliphatic carbocycles. The molecule has 1 atom stereocenters. The second-order valence-electron chi connectivity index (χ2n) is 3.98. The molecule has 2 rings (SSSR count). The van der Waals surface area contributed by atoms with Gasteiger partial charge in [0.15, 0.2) is 0 Å². The van der Waals surface area contributed by atoms with Crippen LogP contribution in [0.3, 0.4) is 0 Å². The first-order valence-corrected chi connectivity index (χ1v) is 5.95. The number of hydrogen-bond donors (Lipinski definition) is 1. The molecule has 0 radical (unpaired) electrons. The van der Waals surface area contributed by atoms with E-state index < -0.39 is 0 Å². The van der Waals surface area contributed by atoms with Crippen molar-refractivity contribution in [2.24, 2.45) is 0 Å². The first kappa shape index (κ1) is 13.3. The molecule has 0 saturated carbocycles. The zero-order valence-electron chi connectivity index (χ0n) is 11.3. The first-order chi connectivity index (χ1) is 9.28. The molecule has 1 unspecified atom stereocenters. The summed E-state index contributed by atoms with van der Waals surface area (Å²) in [5.41, 5.74) is 1.96. The van der Waals surface area contributed by atoms with Crippen LogP contribution < -0.4 is 14.8 Å². The number of aromatic nitrogens is 2. The van der Waals surface area contributed by atoms with Gasteiger partial charge in [-0.2, -0.15) is 0 Å². The van der Waals surface area contributed by atoms with Crippen LogP contribution in [0.1, 0.15) is 17.3 Å². The lowest BCUT2D eigenvalue weighted by molar-refractivity contribution is 0.395. The van der Waals surface area contributed by atoms with E-state index in [1.807, 2.05) is 37.4 Å². The largest absolute Gasteiger partial charge is 0.497 e. The minimum Gasteiger partial charge on any atom is -0.497 e. The Morgan fingerprint density at radius 1 is 1.05 bits per heavy atom. The maximum atomic E-state index is 5.16. The van der Waals surface area contributed by atoms with Crippen LogP contribution in [0.25, 0.3) is 0 Å². The van der Waals surface area contributed by atoms with Gasteiger partial charge in [0.25, 0.3) is 0 Å². The minimum absolute atomic E-state index is 0.0113. The summed E-state index contributed by atoms with van der Waals surface area (Å²) in [5, 5.41) is 3.24. The number of benzene rings is 1. The van der Waals surface area contributed by atoms with E-state index in [2.05, 4.69) is 15.3 Å². The van der Waals surface area contributed by atoms with Crippen molar-refractivity contribution >= 4 is 0 Å². The molecule has 1 aromatic carbocycles. The Kier molecular flexibility index (Phi) is 4.30. The number of rotatable bonds is 5. The van der Waals surface area contributed by atoms with Gasteiger partial charge in [-0.15, -0.1) is 0 Å². The molecule has 100 valence electrons. The SMILES string of the molecule is CNC(c1ccc(OC)cc1)c1cc(OC)ncn1. The predicted molar refractivity (Wildman–Crippen MR) is 72.5 cm³/mol. The molecule has 0 fully saturated rings. The van der Waals surface area contributed by atoms with Crippen molar-refractivity contribution in [3.63, 3.8) is 0 Å². The standard InChI is InChI=1S/C14H17N3O2/c1-15-14(10-4-6-11(18-2)7-5-10)12-8-13(19-3)17-9-16-12/h4-9,14-15H,1-3H3. The summed E-state index contributed by atoms with van der Waals surface area (Å²) in [7, 11) is 5.14. The Hall–Kier alpha value is -2.14. The van der Waals surface area contributed by atoms with Crippen LogP contribution in [0.15, 0.2) is 36.7 Å². The van der Waals surface area contributed by atoms with Gasteiger partial charge < -0.3 is 14.8 Å². The fourth-order valence-electron chi connectivity index (χ4n) is 1.90. The molecule has 1 N–H and O–H groups in total. The van der Waals surface area contributed by atoms with E-state index in [0.29, 0.717) is 5.88 Å². The van der Waals surface area contributed by atoms with Gasteiger partial charge in [0, 0.05) is 6.07 Å². The van der Waals surface area contributed by atoms with Crippen molar-refractivity contribution in [1.29, 1.82) is 0 Å². The van der Waals surface area contributed by atoms with E-state index >= 15 is 0 Å². The van der Waals surface area contributed by atoms with Crippen LogP contribution in [0.4, 0.5) is 0 Å². The van der Waals surface area contributed by atoms with Gasteiger partial charge in [0.05, 0.1) is 26.0 Å². The molecular formula is C14H17N3O2. The van der Waals surface area contributed by atoms with Crippen molar-refractivity contribution in [1.82, 2.24) is 15.3 Å². The Labute approximate surface area is 112 Å². The number of hydrogen-bond acceptors (Lipinski definition) is 5. The Morgan fingerprint density at radius 3 is 2.37 bits per heavy atom. The van der Waals surface area contributed by atoms with E-state index in [1.54, 1.807) is 14.2 Å². The molecule has 0 spiro atoms. The zero-order chi connectivity index (χ0) is 13.7. The monoisotopic (exact) mass is 259 g/mol. The number of ether oxygens (including phenoxy) is 2. The lowest BCUT2D eigenvalue weighted by Crippen LogP contribution is -2.19. The van der Waals surface area contributed by atoms with Crippen LogP contribution in [0.5, 0.6) is 11.6 Å². The lowest BCUT2D eigenvalue weighted by Gasteiger charge is -2.16. The molecule has 1 aromatic heterocycles. The third-order valence-electron chi connectivity index (χ3n) is 2.91. The summed E-state index contributed by atoms with van der Waals surface area (Å²) >= 11 is 0. The molecule has 19 heavy (non-hydrogen) atoms. The van der Waals surface area contributed by atoms with Crippen molar-refractivity contribution in [3.05, 3.63) is 47.9 Å². The summed E-state index contributed by atoms with van der Waals surface area (Å²) in [6.07, 6.45) is 1.50. The van der Waals surface area contributed by atoms with Gasteiger partial charge in [-0.3, -0.25) is 0 Å². The zero-order valence-corrected chi connectivity index (χ0v) is 11.3. The van der Waals surface area contributed by atoms with Gasteiger partial charge in [0.2, 0.25) is 5.88 Å². The molecule has 0 saturated heterocycles. The molecule has 5 nitrogen and oxygen atoms in total. The molecule has 0 aliphatic rings. The van der Waals surface area contributed by atoms with Gasteiger partial charge in [-0.1, -0.05) is 12.1 Å². The van der Waals surface area contributed by atoms with E-state index in [9.17, 15) is 0 Å². The highest BCUT2D eigenvalue weighted by Crippen LogP contribution is 2.23. The average molecular weight is 259 g/mol. The minimum atomic E-state index is -0.0113. The van der Waals surface area contributed by atoms with Gasteiger partial charge >= 0.3 is 0 Å². The fourth-order valence-corrected chi connectivity index (χ4v) is 1.90. The maximum Gasteiger partial charge on any atom is 0.216 e. The van der Waals surface area contributed by atoms with Crippen molar-refractivity contribution < 1.29 is 9.47 Å². The quantitative estimate of drug-likeness (QED) is 0.887. The van der Waals surface area contributed by atoms with Crippen molar-refractivity contribution in [3.8, 4) is 11.6 Å². The summed E-state index contributed by atoms with van der Waals surface area (Å²) in [6.45, 7) is 0. The number of nitrogens with zero attached hydrogens (tertiary/aromatic N) is 2. The number of nitrogens with one attached hydrogen (secondary N) is 1. The van der Waals surface area contributed by atoms with Crippen molar-refractivity contribution in [2.75, 3.05) is 21.3 Å². The Balaban J connectivity index is 2.31. The molecule has 5 heteroatoms. The smallest absolute Gasteiger partial charge is 0.216 e. The van der Waals surface area contributed by atoms with Crippen LogP contribution in [0, 0.1) is 0 Å². The molecular weight excluding hydrogens is 242 g/mol. The Bertz CT molecular complexity index is 528. The summed E-state index contributed by atoms with van der Waals surface area (Å²) < 4.78 is 10.3. The van der Waals surface area contributed by atoms with E-state index in [4.69, 9.17) is 9.47 Å². The highest BCUT2D eigenvalue weighted by molar-refractivity contribution is 5.34. The predicted octanol–water partition coefficient (Wildman–Crippen LogP) is 1.80. The van der Waals surface area contributed by atoms with Gasteiger partial charge in [-0.05, 0) is 24.7 Å². The maximum absolute atomic E-state index is 5.16. The second-order valence-corrected chi connectivity index (χ2v) is 3.98. The van der Waals surface area contributed by atoms with Gasteiger partial charge in [0.1, 0.15) is 12.1 Å². The van der Waals surface area contributed by atoms with Crippen LogP contribution >= 0.6 is 0 Å². The summed E-state index contributed by atoms with van der Waals surface area (Å²) in [5.74, 6) is 1.39. The van der Waals surface area contributed by atoms with E-state index in [-0.39, 0.29) is 6.04 Å². The molecule has 0 bridgehead atoms. The van der Waals surface area contributed by atoms with Crippen LogP contribution in [-0.2, 0) is 0 Å². The highest BCUT2D eigenvalue weighted by Gasteiger charge is 2.14.